The molecule has 2 aromatic rings. The molecule has 4 nitrogen and oxygen atoms in total. The van der Waals surface area contributed by atoms with Gasteiger partial charge in [0.25, 0.3) is 0 Å². The first-order valence-corrected chi connectivity index (χ1v) is 6.97. The van der Waals surface area contributed by atoms with E-state index in [-0.39, 0.29) is 11.4 Å². The Hall–Kier alpha value is -1.66. The van der Waals surface area contributed by atoms with E-state index in [4.69, 9.17) is 16.3 Å². The minimum absolute atomic E-state index is 0.0105. The van der Waals surface area contributed by atoms with Crippen LogP contribution < -0.4 is 4.74 Å². The van der Waals surface area contributed by atoms with Crippen molar-refractivity contribution in [3.63, 3.8) is 0 Å². The van der Waals surface area contributed by atoms with Crippen molar-refractivity contribution in [2.75, 3.05) is 0 Å². The predicted molar refractivity (Wildman–Crippen MR) is 77.2 cm³/mol. The average molecular weight is 361 g/mol. The van der Waals surface area contributed by atoms with Gasteiger partial charge in [-0.15, -0.1) is 0 Å². The van der Waals surface area contributed by atoms with Crippen LogP contribution in [0, 0.1) is 15.9 Å². The summed E-state index contributed by atoms with van der Waals surface area (Å²) in [6.07, 6.45) is 0. The molecular weight excluding hydrogens is 353 g/mol. The van der Waals surface area contributed by atoms with Gasteiger partial charge in [-0.2, -0.15) is 0 Å². The lowest BCUT2D eigenvalue weighted by Crippen LogP contribution is -1.95. The Morgan fingerprint density at radius 1 is 1.25 bits per heavy atom. The highest BCUT2D eigenvalue weighted by atomic mass is 79.9. The number of rotatable bonds is 4. The number of nitro groups is 1. The molecule has 0 aromatic heterocycles. The fourth-order valence-electron chi connectivity index (χ4n) is 1.59. The van der Waals surface area contributed by atoms with Crippen molar-refractivity contribution in [2.24, 2.45) is 0 Å². The molecule has 0 aliphatic heterocycles. The third-order valence-corrected chi connectivity index (χ3v) is 3.34. The van der Waals surface area contributed by atoms with Crippen molar-refractivity contribution in [2.45, 2.75) is 5.33 Å². The van der Waals surface area contributed by atoms with E-state index in [1.807, 2.05) is 0 Å². The highest BCUT2D eigenvalue weighted by molar-refractivity contribution is 9.08. The zero-order chi connectivity index (χ0) is 14.7. The third-order valence-electron chi connectivity index (χ3n) is 2.50. The van der Waals surface area contributed by atoms with E-state index in [9.17, 15) is 14.5 Å². The molecule has 0 amide bonds. The molecule has 0 aliphatic carbocycles. The van der Waals surface area contributed by atoms with Crippen LogP contribution in [0.15, 0.2) is 36.4 Å². The first-order chi connectivity index (χ1) is 9.51. The first kappa shape index (κ1) is 14.7. The molecule has 0 saturated carbocycles. The number of halogens is 3. The quantitative estimate of drug-likeness (QED) is 0.434. The molecule has 0 unspecified atom stereocenters. The molecule has 0 bridgehead atoms. The molecule has 0 saturated heterocycles. The number of nitrogens with zero attached hydrogens (tertiary/aromatic N) is 1. The lowest BCUT2D eigenvalue weighted by Gasteiger charge is -2.10. The molecule has 7 heteroatoms. The molecule has 0 heterocycles. The van der Waals surface area contributed by atoms with Gasteiger partial charge in [0.2, 0.25) is 5.75 Å². The second-order valence-corrected chi connectivity index (χ2v) is 4.85. The van der Waals surface area contributed by atoms with Crippen LogP contribution in [-0.2, 0) is 5.33 Å². The first-order valence-electron chi connectivity index (χ1n) is 5.47. The van der Waals surface area contributed by atoms with Gasteiger partial charge in [-0.25, -0.2) is 4.39 Å². The Labute approximate surface area is 127 Å². The Kier molecular flexibility index (Phi) is 4.57. The van der Waals surface area contributed by atoms with E-state index in [2.05, 4.69) is 15.9 Å². The molecule has 0 spiro atoms. The SMILES string of the molecule is O=[N+]([O-])c1ccc(Cl)cc1Oc1ccc(F)cc1CBr. The maximum Gasteiger partial charge on any atom is 0.311 e. The van der Waals surface area contributed by atoms with E-state index in [1.54, 1.807) is 0 Å². The Morgan fingerprint density at radius 3 is 2.65 bits per heavy atom. The Bertz CT molecular complexity index is 666. The topological polar surface area (TPSA) is 52.4 Å². The summed E-state index contributed by atoms with van der Waals surface area (Å²) in [5, 5.41) is 11.6. The van der Waals surface area contributed by atoms with E-state index in [0.29, 0.717) is 21.7 Å². The van der Waals surface area contributed by atoms with Gasteiger partial charge in [0.15, 0.2) is 0 Å². The van der Waals surface area contributed by atoms with E-state index in [0.717, 1.165) is 0 Å². The van der Waals surface area contributed by atoms with Crippen LogP contribution in [0.5, 0.6) is 11.5 Å². The molecule has 0 fully saturated rings. The van der Waals surface area contributed by atoms with Crippen molar-refractivity contribution >= 4 is 33.2 Å². The summed E-state index contributed by atoms with van der Waals surface area (Å²) in [5.74, 6) is -0.0719. The summed E-state index contributed by atoms with van der Waals surface area (Å²) >= 11 is 9.03. The summed E-state index contributed by atoms with van der Waals surface area (Å²) in [6, 6.07) is 7.94. The van der Waals surface area contributed by atoms with Crippen LogP contribution in [0.4, 0.5) is 10.1 Å². The molecule has 0 N–H and O–H groups in total. The van der Waals surface area contributed by atoms with Crippen molar-refractivity contribution in [3.05, 3.63) is 62.9 Å². The van der Waals surface area contributed by atoms with Gasteiger partial charge < -0.3 is 4.74 Å². The molecular formula is C13H8BrClFNO3. The van der Waals surface area contributed by atoms with Crippen LogP contribution in [0.3, 0.4) is 0 Å². The summed E-state index contributed by atoms with van der Waals surface area (Å²) in [4.78, 5) is 10.4. The van der Waals surface area contributed by atoms with Gasteiger partial charge >= 0.3 is 5.69 Å². The number of ether oxygens (including phenoxy) is 1. The minimum atomic E-state index is -0.566. The largest absolute Gasteiger partial charge is 0.450 e. The normalized spacial score (nSPS) is 10.3. The number of hydrogen-bond donors (Lipinski definition) is 0. The predicted octanol–water partition coefficient (Wildman–Crippen LogP) is 5.07. The third kappa shape index (κ3) is 3.26. The Balaban J connectivity index is 2.44. The fourth-order valence-corrected chi connectivity index (χ4v) is 2.19. The van der Waals surface area contributed by atoms with Crippen LogP contribution >= 0.6 is 27.5 Å². The van der Waals surface area contributed by atoms with Crippen molar-refractivity contribution < 1.29 is 14.1 Å². The fraction of sp³-hybridized carbons (Fsp3) is 0.0769. The van der Waals surface area contributed by atoms with Crippen molar-refractivity contribution in [1.29, 1.82) is 0 Å². The lowest BCUT2D eigenvalue weighted by atomic mass is 10.2. The van der Waals surface area contributed by atoms with Gasteiger partial charge in [-0.1, -0.05) is 27.5 Å². The number of hydrogen-bond acceptors (Lipinski definition) is 3. The van der Waals surface area contributed by atoms with Crippen LogP contribution in [0.25, 0.3) is 0 Å². The summed E-state index contributed by atoms with van der Waals surface area (Å²) < 4.78 is 18.6. The van der Waals surface area contributed by atoms with Crippen LogP contribution in [0.1, 0.15) is 5.56 Å². The van der Waals surface area contributed by atoms with E-state index < -0.39 is 10.7 Å². The number of alkyl halides is 1. The monoisotopic (exact) mass is 359 g/mol. The summed E-state index contributed by atoms with van der Waals surface area (Å²) in [6.45, 7) is 0. The van der Waals surface area contributed by atoms with E-state index in [1.165, 1.54) is 36.4 Å². The zero-order valence-corrected chi connectivity index (χ0v) is 12.3. The second kappa shape index (κ2) is 6.19. The van der Waals surface area contributed by atoms with Crippen molar-refractivity contribution in [3.8, 4) is 11.5 Å². The van der Waals surface area contributed by atoms with Gasteiger partial charge in [-0.3, -0.25) is 10.1 Å². The van der Waals surface area contributed by atoms with E-state index >= 15 is 0 Å². The standard InChI is InChI=1S/C13H8BrClFNO3/c14-7-8-5-10(16)2-4-12(8)20-13-6-9(15)1-3-11(13)17(18)19/h1-6H,7H2. The summed E-state index contributed by atoms with van der Waals surface area (Å²) in [5.41, 5.74) is 0.332. The number of benzene rings is 2. The minimum Gasteiger partial charge on any atom is -0.450 e. The van der Waals surface area contributed by atoms with Crippen LogP contribution in [0.2, 0.25) is 5.02 Å². The highest BCUT2D eigenvalue weighted by Gasteiger charge is 2.17. The summed E-state index contributed by atoms with van der Waals surface area (Å²) in [7, 11) is 0. The molecule has 2 rings (SSSR count). The maximum absolute atomic E-state index is 13.1. The molecule has 0 aliphatic rings. The smallest absolute Gasteiger partial charge is 0.311 e. The molecule has 0 radical (unpaired) electrons. The van der Waals surface area contributed by atoms with Gasteiger partial charge in [0.05, 0.1) is 4.92 Å². The average Bonchev–Trinajstić information content (AvgIpc) is 2.40. The molecule has 20 heavy (non-hydrogen) atoms. The van der Waals surface area contributed by atoms with Crippen molar-refractivity contribution in [1.82, 2.24) is 0 Å². The number of nitro benzene ring substituents is 1. The molecule has 104 valence electrons. The van der Waals surface area contributed by atoms with Crippen LogP contribution in [-0.4, -0.2) is 4.92 Å². The van der Waals surface area contributed by atoms with Gasteiger partial charge in [0.1, 0.15) is 11.6 Å². The zero-order valence-electron chi connectivity index (χ0n) is 9.98. The molecule has 0 atom stereocenters. The van der Waals surface area contributed by atoms with Gasteiger partial charge in [-0.05, 0) is 24.3 Å². The van der Waals surface area contributed by atoms with Gasteiger partial charge in [0, 0.05) is 28.0 Å². The second-order valence-electron chi connectivity index (χ2n) is 3.86. The lowest BCUT2D eigenvalue weighted by molar-refractivity contribution is -0.385. The maximum atomic E-state index is 13.1. The molecule has 2 aromatic carbocycles. The highest BCUT2D eigenvalue weighted by Crippen LogP contribution is 2.35. The Morgan fingerprint density at radius 2 is 2.00 bits per heavy atom.